The Balaban J connectivity index is 2.15. The molecule has 1 aliphatic heterocycles. The predicted molar refractivity (Wildman–Crippen MR) is 74.1 cm³/mol. The van der Waals surface area contributed by atoms with Crippen molar-refractivity contribution in [1.82, 2.24) is 4.90 Å². The van der Waals surface area contributed by atoms with Crippen molar-refractivity contribution in [3.8, 4) is 5.75 Å². The minimum absolute atomic E-state index is 0.291. The van der Waals surface area contributed by atoms with Crippen molar-refractivity contribution in [2.75, 3.05) is 32.6 Å². The summed E-state index contributed by atoms with van der Waals surface area (Å²) in [4.78, 5) is 13.5. The van der Waals surface area contributed by atoms with Gasteiger partial charge in [-0.1, -0.05) is 0 Å². The monoisotopic (exact) mass is 264 g/mol. The molecule has 2 N–H and O–H groups in total. The number of carboxylic acid groups (broad SMARTS) is 1. The molecule has 1 aromatic carbocycles. The van der Waals surface area contributed by atoms with Crippen LogP contribution in [-0.2, 0) is 0 Å². The van der Waals surface area contributed by atoms with Gasteiger partial charge >= 0.3 is 5.97 Å². The molecule has 5 nitrogen and oxygen atoms in total. The average Bonchev–Trinajstić information content (AvgIpc) is 2.41. The van der Waals surface area contributed by atoms with E-state index in [1.54, 1.807) is 25.3 Å². The maximum Gasteiger partial charge on any atom is 0.337 e. The fraction of sp³-hybridized carbons (Fsp3) is 0.500. The summed E-state index contributed by atoms with van der Waals surface area (Å²) in [5.41, 5.74) is 0.932. The van der Waals surface area contributed by atoms with E-state index in [2.05, 4.69) is 17.3 Å². The molecular weight excluding hydrogens is 244 g/mol. The van der Waals surface area contributed by atoms with Crippen LogP contribution in [0.1, 0.15) is 23.2 Å². The van der Waals surface area contributed by atoms with Gasteiger partial charge < -0.3 is 20.1 Å². The van der Waals surface area contributed by atoms with Crippen LogP contribution in [0.5, 0.6) is 5.75 Å². The number of hydrogen-bond acceptors (Lipinski definition) is 4. The van der Waals surface area contributed by atoms with Gasteiger partial charge in [-0.2, -0.15) is 0 Å². The average molecular weight is 264 g/mol. The SMILES string of the molecule is COc1ccc(C(=O)O)c(NC2CCN(C)CC2)c1. The first-order valence-electron chi connectivity index (χ1n) is 6.46. The lowest BCUT2D eigenvalue weighted by atomic mass is 10.0. The number of likely N-dealkylation sites (tertiary alicyclic amines) is 1. The number of anilines is 1. The zero-order chi connectivity index (χ0) is 13.8. The fourth-order valence-electron chi connectivity index (χ4n) is 2.33. The van der Waals surface area contributed by atoms with Crippen LogP contribution in [0.25, 0.3) is 0 Å². The topological polar surface area (TPSA) is 61.8 Å². The highest BCUT2D eigenvalue weighted by Gasteiger charge is 2.19. The third-order valence-electron chi connectivity index (χ3n) is 3.54. The first-order chi connectivity index (χ1) is 9.10. The van der Waals surface area contributed by atoms with E-state index in [0.717, 1.165) is 25.9 Å². The number of methoxy groups -OCH3 is 1. The second-order valence-corrected chi connectivity index (χ2v) is 4.94. The van der Waals surface area contributed by atoms with Crippen molar-refractivity contribution in [3.63, 3.8) is 0 Å². The first kappa shape index (κ1) is 13.7. The van der Waals surface area contributed by atoms with Gasteiger partial charge in [-0.15, -0.1) is 0 Å². The molecule has 0 atom stereocenters. The maximum atomic E-state index is 11.2. The minimum Gasteiger partial charge on any atom is -0.497 e. The fourth-order valence-corrected chi connectivity index (χ4v) is 2.33. The molecule has 19 heavy (non-hydrogen) atoms. The molecule has 5 heteroatoms. The number of carboxylic acids is 1. The van der Waals surface area contributed by atoms with Gasteiger partial charge in [-0.05, 0) is 45.1 Å². The van der Waals surface area contributed by atoms with E-state index in [4.69, 9.17) is 4.74 Å². The predicted octanol–water partition coefficient (Wildman–Crippen LogP) is 1.90. The lowest BCUT2D eigenvalue weighted by Gasteiger charge is -2.30. The summed E-state index contributed by atoms with van der Waals surface area (Å²) in [5, 5.41) is 12.6. The molecule has 2 rings (SSSR count). The van der Waals surface area contributed by atoms with Crippen LogP contribution in [0.3, 0.4) is 0 Å². The van der Waals surface area contributed by atoms with E-state index >= 15 is 0 Å². The molecule has 0 unspecified atom stereocenters. The molecule has 1 aromatic rings. The van der Waals surface area contributed by atoms with E-state index in [0.29, 0.717) is 23.0 Å². The van der Waals surface area contributed by atoms with Gasteiger partial charge in [0.2, 0.25) is 0 Å². The third kappa shape index (κ3) is 3.38. The highest BCUT2D eigenvalue weighted by atomic mass is 16.5. The lowest BCUT2D eigenvalue weighted by molar-refractivity contribution is 0.0698. The summed E-state index contributed by atoms with van der Waals surface area (Å²) in [5.74, 6) is -0.251. The van der Waals surface area contributed by atoms with Gasteiger partial charge in [0.1, 0.15) is 5.75 Å². The second-order valence-electron chi connectivity index (χ2n) is 4.94. The number of rotatable bonds is 4. The summed E-state index contributed by atoms with van der Waals surface area (Å²) in [6.45, 7) is 2.06. The molecular formula is C14H20N2O3. The van der Waals surface area contributed by atoms with E-state index in [1.165, 1.54) is 0 Å². The molecule has 104 valence electrons. The standard InChI is InChI=1S/C14H20N2O3/c1-16-7-5-10(6-8-16)15-13-9-11(19-2)3-4-12(13)14(17)18/h3-4,9-10,15H,5-8H2,1-2H3,(H,17,18). The zero-order valence-electron chi connectivity index (χ0n) is 11.3. The molecule has 0 aromatic heterocycles. The summed E-state index contributed by atoms with van der Waals surface area (Å²) in [6, 6.07) is 5.32. The summed E-state index contributed by atoms with van der Waals surface area (Å²) in [6.07, 6.45) is 2.04. The van der Waals surface area contributed by atoms with Crippen molar-refractivity contribution < 1.29 is 14.6 Å². The summed E-state index contributed by atoms with van der Waals surface area (Å²) < 4.78 is 5.15. The number of nitrogens with zero attached hydrogens (tertiary/aromatic N) is 1. The first-order valence-corrected chi connectivity index (χ1v) is 6.46. The Bertz CT molecular complexity index is 454. The van der Waals surface area contributed by atoms with Crippen LogP contribution in [0.2, 0.25) is 0 Å². The minimum atomic E-state index is -0.918. The Morgan fingerprint density at radius 2 is 2.11 bits per heavy atom. The van der Waals surface area contributed by atoms with Gasteiger partial charge in [-0.3, -0.25) is 0 Å². The van der Waals surface area contributed by atoms with Gasteiger partial charge in [-0.25, -0.2) is 4.79 Å². The van der Waals surface area contributed by atoms with Crippen LogP contribution in [0.4, 0.5) is 5.69 Å². The molecule has 0 amide bonds. The van der Waals surface area contributed by atoms with Gasteiger partial charge in [0.25, 0.3) is 0 Å². The summed E-state index contributed by atoms with van der Waals surface area (Å²) >= 11 is 0. The van der Waals surface area contributed by atoms with Crippen LogP contribution >= 0.6 is 0 Å². The Kier molecular flexibility index (Phi) is 4.27. The van der Waals surface area contributed by atoms with Crippen LogP contribution in [-0.4, -0.2) is 49.3 Å². The molecule has 1 aliphatic rings. The number of nitrogens with one attached hydrogen (secondary N) is 1. The highest BCUT2D eigenvalue weighted by molar-refractivity contribution is 5.94. The smallest absolute Gasteiger partial charge is 0.337 e. The van der Waals surface area contributed by atoms with E-state index in [-0.39, 0.29) is 0 Å². The van der Waals surface area contributed by atoms with Crippen LogP contribution in [0.15, 0.2) is 18.2 Å². The Morgan fingerprint density at radius 3 is 2.68 bits per heavy atom. The van der Waals surface area contributed by atoms with Gasteiger partial charge in [0.05, 0.1) is 18.4 Å². The highest BCUT2D eigenvalue weighted by Crippen LogP contribution is 2.25. The number of piperidine rings is 1. The Labute approximate surface area is 113 Å². The zero-order valence-corrected chi connectivity index (χ0v) is 11.3. The molecule has 0 saturated carbocycles. The molecule has 1 fully saturated rings. The molecule has 0 spiro atoms. The number of carbonyl (C=O) groups is 1. The molecule has 1 heterocycles. The van der Waals surface area contributed by atoms with E-state index in [9.17, 15) is 9.90 Å². The van der Waals surface area contributed by atoms with Crippen molar-refractivity contribution in [2.45, 2.75) is 18.9 Å². The van der Waals surface area contributed by atoms with Crippen LogP contribution in [0, 0.1) is 0 Å². The quantitative estimate of drug-likeness (QED) is 0.869. The van der Waals surface area contributed by atoms with Crippen molar-refractivity contribution in [2.24, 2.45) is 0 Å². The molecule has 1 saturated heterocycles. The number of ether oxygens (including phenoxy) is 1. The van der Waals surface area contributed by atoms with E-state index in [1.807, 2.05) is 0 Å². The second kappa shape index (κ2) is 5.93. The third-order valence-corrected chi connectivity index (χ3v) is 3.54. The van der Waals surface area contributed by atoms with E-state index < -0.39 is 5.97 Å². The van der Waals surface area contributed by atoms with Crippen molar-refractivity contribution >= 4 is 11.7 Å². The molecule has 0 aliphatic carbocycles. The normalized spacial score (nSPS) is 17.2. The van der Waals surface area contributed by atoms with Crippen molar-refractivity contribution in [1.29, 1.82) is 0 Å². The van der Waals surface area contributed by atoms with Crippen molar-refractivity contribution in [3.05, 3.63) is 23.8 Å². The number of aromatic carboxylic acids is 1. The van der Waals surface area contributed by atoms with Gasteiger partial charge in [0.15, 0.2) is 0 Å². The van der Waals surface area contributed by atoms with Crippen LogP contribution < -0.4 is 10.1 Å². The molecule has 0 radical (unpaired) electrons. The summed E-state index contributed by atoms with van der Waals surface area (Å²) in [7, 11) is 3.68. The lowest BCUT2D eigenvalue weighted by Crippen LogP contribution is -2.37. The largest absolute Gasteiger partial charge is 0.497 e. The number of benzene rings is 1. The van der Waals surface area contributed by atoms with Gasteiger partial charge in [0, 0.05) is 12.1 Å². The Morgan fingerprint density at radius 1 is 1.42 bits per heavy atom. The number of hydrogen-bond donors (Lipinski definition) is 2. The molecule has 0 bridgehead atoms. The maximum absolute atomic E-state index is 11.2. The Hall–Kier alpha value is -1.75.